The largest absolute Gasteiger partial charge is 0.492 e. The van der Waals surface area contributed by atoms with Gasteiger partial charge < -0.3 is 10.1 Å². The van der Waals surface area contributed by atoms with Crippen molar-refractivity contribution in [1.29, 1.82) is 0 Å². The van der Waals surface area contributed by atoms with Crippen LogP contribution in [-0.4, -0.2) is 23.3 Å². The zero-order valence-corrected chi connectivity index (χ0v) is 13.4. The van der Waals surface area contributed by atoms with Crippen LogP contribution in [0.5, 0.6) is 5.75 Å². The number of para-hydroxylation sites is 2. The molecular weight excluding hydrogens is 304 g/mol. The molecule has 1 aliphatic heterocycles. The normalized spacial score (nSPS) is 13.9. The van der Waals surface area contributed by atoms with Gasteiger partial charge in [-0.15, -0.1) is 0 Å². The van der Waals surface area contributed by atoms with Crippen molar-refractivity contribution in [2.24, 2.45) is 0 Å². The van der Waals surface area contributed by atoms with Gasteiger partial charge in [0, 0.05) is 6.08 Å². The highest BCUT2D eigenvalue weighted by atomic mass is 16.5. The van der Waals surface area contributed by atoms with E-state index in [9.17, 15) is 9.59 Å². The second-order valence-corrected chi connectivity index (χ2v) is 5.33. The average Bonchev–Trinajstić information content (AvgIpc) is 2.85. The van der Waals surface area contributed by atoms with Gasteiger partial charge in [-0.2, -0.15) is 0 Å². The van der Waals surface area contributed by atoms with Crippen LogP contribution in [0.25, 0.3) is 0 Å². The van der Waals surface area contributed by atoms with Crippen LogP contribution in [0, 0.1) is 0 Å². The van der Waals surface area contributed by atoms with Gasteiger partial charge in [-0.25, -0.2) is 0 Å². The fraction of sp³-hybridized carbons (Fsp3) is 0.158. The molecule has 0 atom stereocenters. The highest BCUT2D eigenvalue weighted by Gasteiger charge is 2.31. The number of imide groups is 1. The first-order chi connectivity index (χ1) is 11.7. The summed E-state index contributed by atoms with van der Waals surface area (Å²) >= 11 is 0. The number of rotatable bonds is 6. The van der Waals surface area contributed by atoms with Crippen molar-refractivity contribution in [2.45, 2.75) is 13.5 Å². The van der Waals surface area contributed by atoms with E-state index in [0.29, 0.717) is 18.0 Å². The molecule has 5 heteroatoms. The number of amides is 2. The van der Waals surface area contributed by atoms with Crippen LogP contribution in [0.15, 0.2) is 66.4 Å². The van der Waals surface area contributed by atoms with E-state index in [1.807, 2.05) is 61.5 Å². The predicted molar refractivity (Wildman–Crippen MR) is 91.3 cm³/mol. The van der Waals surface area contributed by atoms with Crippen molar-refractivity contribution in [3.8, 4) is 5.75 Å². The second kappa shape index (κ2) is 7.00. The number of benzene rings is 2. The van der Waals surface area contributed by atoms with Gasteiger partial charge in [-0.3, -0.25) is 14.5 Å². The molecule has 1 heterocycles. The minimum Gasteiger partial charge on any atom is -0.492 e. The monoisotopic (exact) mass is 322 g/mol. The van der Waals surface area contributed by atoms with Crippen molar-refractivity contribution in [2.75, 3.05) is 11.9 Å². The van der Waals surface area contributed by atoms with Gasteiger partial charge in [0.1, 0.15) is 11.4 Å². The Labute approximate surface area is 140 Å². The molecule has 24 heavy (non-hydrogen) atoms. The number of ether oxygens (including phenoxy) is 1. The summed E-state index contributed by atoms with van der Waals surface area (Å²) in [5.74, 6) is -0.0157. The zero-order valence-electron chi connectivity index (χ0n) is 13.4. The summed E-state index contributed by atoms with van der Waals surface area (Å²) in [4.78, 5) is 25.9. The first-order valence-electron chi connectivity index (χ1n) is 7.79. The topological polar surface area (TPSA) is 58.6 Å². The predicted octanol–water partition coefficient (Wildman–Crippen LogP) is 2.95. The van der Waals surface area contributed by atoms with Crippen molar-refractivity contribution >= 4 is 17.5 Å². The Morgan fingerprint density at radius 2 is 1.71 bits per heavy atom. The van der Waals surface area contributed by atoms with E-state index in [1.165, 1.54) is 11.0 Å². The Morgan fingerprint density at radius 1 is 1.00 bits per heavy atom. The molecule has 0 aliphatic carbocycles. The van der Waals surface area contributed by atoms with Crippen LogP contribution in [0.4, 0.5) is 5.69 Å². The first kappa shape index (κ1) is 15.8. The fourth-order valence-electron chi connectivity index (χ4n) is 2.51. The highest BCUT2D eigenvalue weighted by Crippen LogP contribution is 2.27. The number of anilines is 1. The highest BCUT2D eigenvalue weighted by molar-refractivity contribution is 6.17. The Morgan fingerprint density at radius 3 is 2.46 bits per heavy atom. The molecule has 0 saturated carbocycles. The smallest absolute Gasteiger partial charge is 0.277 e. The van der Waals surface area contributed by atoms with E-state index >= 15 is 0 Å². The minimum absolute atomic E-state index is 0.253. The third-order valence-electron chi connectivity index (χ3n) is 3.65. The SMILES string of the molecule is CCOc1ccccc1NC1=CC(=O)N(Cc2ccccc2)C1=O. The number of hydrogen-bond donors (Lipinski definition) is 1. The Kier molecular flexibility index (Phi) is 4.61. The molecule has 2 aromatic rings. The molecule has 2 aromatic carbocycles. The summed E-state index contributed by atoms with van der Waals surface area (Å²) in [6, 6.07) is 16.7. The molecule has 2 amide bonds. The molecule has 0 bridgehead atoms. The van der Waals surface area contributed by atoms with Gasteiger partial charge in [0.15, 0.2) is 0 Å². The summed E-state index contributed by atoms with van der Waals surface area (Å²) in [6.07, 6.45) is 1.33. The molecule has 122 valence electrons. The molecule has 0 aromatic heterocycles. The molecule has 0 fully saturated rings. The lowest BCUT2D eigenvalue weighted by atomic mass is 10.2. The lowest BCUT2D eigenvalue weighted by Crippen LogP contribution is -2.31. The molecule has 0 unspecified atom stereocenters. The first-order valence-corrected chi connectivity index (χ1v) is 7.79. The maximum Gasteiger partial charge on any atom is 0.277 e. The van der Waals surface area contributed by atoms with E-state index < -0.39 is 0 Å². The van der Waals surface area contributed by atoms with E-state index in [1.54, 1.807) is 0 Å². The molecule has 0 saturated heterocycles. The maximum atomic E-state index is 12.5. The zero-order chi connectivity index (χ0) is 16.9. The number of nitrogens with one attached hydrogen (secondary N) is 1. The van der Waals surface area contributed by atoms with E-state index in [2.05, 4.69) is 5.32 Å². The summed E-state index contributed by atoms with van der Waals surface area (Å²) in [5, 5.41) is 3.01. The van der Waals surface area contributed by atoms with Crippen molar-refractivity contribution in [1.82, 2.24) is 4.90 Å². The van der Waals surface area contributed by atoms with Crippen molar-refractivity contribution in [3.63, 3.8) is 0 Å². The molecule has 1 aliphatic rings. The summed E-state index contributed by atoms with van der Waals surface area (Å²) in [6.45, 7) is 2.67. The van der Waals surface area contributed by atoms with Gasteiger partial charge in [0.05, 0.1) is 18.8 Å². The molecule has 0 radical (unpaired) electrons. The third-order valence-corrected chi connectivity index (χ3v) is 3.65. The molecule has 5 nitrogen and oxygen atoms in total. The van der Waals surface area contributed by atoms with Crippen LogP contribution in [0.3, 0.4) is 0 Å². The summed E-state index contributed by atoms with van der Waals surface area (Å²) in [5.41, 5.74) is 1.82. The van der Waals surface area contributed by atoms with Gasteiger partial charge in [-0.05, 0) is 24.6 Å². The molecule has 0 spiro atoms. The lowest BCUT2D eigenvalue weighted by Gasteiger charge is -2.16. The quantitative estimate of drug-likeness (QED) is 0.831. The number of carbonyl (C=O) groups is 2. The molecule has 3 rings (SSSR count). The Balaban J connectivity index is 1.75. The van der Waals surface area contributed by atoms with E-state index in [-0.39, 0.29) is 24.1 Å². The lowest BCUT2D eigenvalue weighted by molar-refractivity contribution is -0.137. The van der Waals surface area contributed by atoms with Gasteiger partial charge in [-0.1, -0.05) is 42.5 Å². The summed E-state index contributed by atoms with van der Waals surface area (Å²) < 4.78 is 5.53. The van der Waals surface area contributed by atoms with E-state index in [0.717, 1.165) is 5.56 Å². The van der Waals surface area contributed by atoms with Crippen LogP contribution in [0.2, 0.25) is 0 Å². The van der Waals surface area contributed by atoms with Crippen LogP contribution in [0.1, 0.15) is 12.5 Å². The molecular formula is C19H18N2O3. The van der Waals surface area contributed by atoms with Gasteiger partial charge >= 0.3 is 0 Å². The van der Waals surface area contributed by atoms with Crippen LogP contribution in [-0.2, 0) is 16.1 Å². The van der Waals surface area contributed by atoms with Gasteiger partial charge in [0.25, 0.3) is 11.8 Å². The van der Waals surface area contributed by atoms with Gasteiger partial charge in [0.2, 0.25) is 0 Å². The van der Waals surface area contributed by atoms with Crippen molar-refractivity contribution < 1.29 is 14.3 Å². The minimum atomic E-state index is -0.338. The second-order valence-electron chi connectivity index (χ2n) is 5.33. The fourth-order valence-corrected chi connectivity index (χ4v) is 2.51. The number of carbonyl (C=O) groups excluding carboxylic acids is 2. The van der Waals surface area contributed by atoms with Crippen LogP contribution >= 0.6 is 0 Å². The standard InChI is InChI=1S/C19H18N2O3/c1-2-24-17-11-7-6-10-15(17)20-16-12-18(22)21(19(16)23)13-14-8-4-3-5-9-14/h3-12,20H,2,13H2,1H3. The Bertz CT molecular complexity index is 784. The maximum absolute atomic E-state index is 12.5. The molecule has 1 N–H and O–H groups in total. The third kappa shape index (κ3) is 3.30. The summed E-state index contributed by atoms with van der Waals surface area (Å²) in [7, 11) is 0. The van der Waals surface area contributed by atoms with E-state index in [4.69, 9.17) is 4.74 Å². The average molecular weight is 322 g/mol. The number of nitrogens with zero attached hydrogens (tertiary/aromatic N) is 1. The number of hydrogen-bond acceptors (Lipinski definition) is 4. The Hall–Kier alpha value is -3.08. The van der Waals surface area contributed by atoms with Crippen LogP contribution < -0.4 is 10.1 Å². The van der Waals surface area contributed by atoms with Crippen molar-refractivity contribution in [3.05, 3.63) is 71.9 Å².